The summed E-state index contributed by atoms with van der Waals surface area (Å²) in [6, 6.07) is 19.2. The molecular formula is C21H17BrN2. The van der Waals surface area contributed by atoms with Gasteiger partial charge in [-0.25, -0.2) is 4.98 Å². The van der Waals surface area contributed by atoms with E-state index < -0.39 is 0 Å². The highest BCUT2D eigenvalue weighted by Crippen LogP contribution is 2.26. The highest BCUT2D eigenvalue weighted by Gasteiger charge is 2.06. The van der Waals surface area contributed by atoms with Crippen LogP contribution in [0.15, 0.2) is 71.5 Å². The van der Waals surface area contributed by atoms with Gasteiger partial charge in [0.1, 0.15) is 5.65 Å². The van der Waals surface area contributed by atoms with Crippen LogP contribution in [0.4, 0.5) is 0 Å². The van der Waals surface area contributed by atoms with E-state index in [1.165, 1.54) is 22.3 Å². The molecule has 0 aliphatic heterocycles. The lowest BCUT2D eigenvalue weighted by atomic mass is 9.99. The predicted molar refractivity (Wildman–Crippen MR) is 103 cm³/mol. The van der Waals surface area contributed by atoms with Crippen molar-refractivity contribution >= 4 is 21.6 Å². The van der Waals surface area contributed by atoms with Gasteiger partial charge in [-0.3, -0.25) is 0 Å². The molecule has 0 aliphatic rings. The van der Waals surface area contributed by atoms with Crippen LogP contribution in [0.3, 0.4) is 0 Å². The molecule has 0 spiro atoms. The molecule has 0 bridgehead atoms. The molecule has 118 valence electrons. The number of pyridine rings is 1. The number of imidazole rings is 1. The zero-order chi connectivity index (χ0) is 16.7. The van der Waals surface area contributed by atoms with Crippen molar-refractivity contribution in [2.45, 2.75) is 13.8 Å². The highest BCUT2D eigenvalue weighted by molar-refractivity contribution is 9.10. The summed E-state index contributed by atoms with van der Waals surface area (Å²) in [7, 11) is 0. The van der Waals surface area contributed by atoms with Crippen molar-refractivity contribution in [3.8, 4) is 22.4 Å². The van der Waals surface area contributed by atoms with E-state index in [1.807, 2.05) is 22.7 Å². The molecule has 0 saturated heterocycles. The first-order valence-electron chi connectivity index (χ1n) is 7.92. The maximum absolute atomic E-state index is 4.69. The quantitative estimate of drug-likeness (QED) is 0.416. The third-order valence-electron chi connectivity index (χ3n) is 4.44. The van der Waals surface area contributed by atoms with Crippen molar-refractivity contribution in [1.29, 1.82) is 0 Å². The lowest BCUT2D eigenvalue weighted by molar-refractivity contribution is 1.17. The van der Waals surface area contributed by atoms with Crippen LogP contribution in [0.1, 0.15) is 11.1 Å². The number of hydrogen-bond donors (Lipinski definition) is 0. The Kier molecular flexibility index (Phi) is 3.73. The van der Waals surface area contributed by atoms with E-state index in [4.69, 9.17) is 4.98 Å². The molecule has 2 heterocycles. The molecule has 24 heavy (non-hydrogen) atoms. The van der Waals surface area contributed by atoms with Crippen molar-refractivity contribution in [2.24, 2.45) is 0 Å². The Hall–Kier alpha value is -2.39. The van der Waals surface area contributed by atoms with Crippen LogP contribution in [0.25, 0.3) is 28.0 Å². The van der Waals surface area contributed by atoms with Crippen molar-refractivity contribution in [2.75, 3.05) is 0 Å². The molecule has 0 aliphatic carbocycles. The minimum Gasteiger partial charge on any atom is -0.305 e. The average Bonchev–Trinajstić information content (AvgIpc) is 3.00. The highest BCUT2D eigenvalue weighted by atomic mass is 79.9. The molecule has 0 atom stereocenters. The van der Waals surface area contributed by atoms with Crippen molar-refractivity contribution in [1.82, 2.24) is 9.38 Å². The van der Waals surface area contributed by atoms with Gasteiger partial charge in [-0.1, -0.05) is 42.5 Å². The third-order valence-corrected chi connectivity index (χ3v) is 4.90. The topological polar surface area (TPSA) is 17.3 Å². The standard InChI is InChI=1S/C21H17BrN2/c1-14-3-4-18(11-15(14)2)16-5-7-17(8-6-16)20-13-24-12-19(22)9-10-21(24)23-20/h3-13H,1-2H3. The number of hydrogen-bond acceptors (Lipinski definition) is 1. The number of rotatable bonds is 2. The summed E-state index contributed by atoms with van der Waals surface area (Å²) in [5.41, 5.74) is 8.19. The summed E-state index contributed by atoms with van der Waals surface area (Å²) in [5.74, 6) is 0. The summed E-state index contributed by atoms with van der Waals surface area (Å²) in [4.78, 5) is 4.69. The Morgan fingerprint density at radius 1 is 0.750 bits per heavy atom. The molecule has 0 radical (unpaired) electrons. The van der Waals surface area contributed by atoms with Crippen LogP contribution in [-0.2, 0) is 0 Å². The maximum Gasteiger partial charge on any atom is 0.137 e. The Labute approximate surface area is 149 Å². The third kappa shape index (κ3) is 2.76. The molecule has 2 aromatic carbocycles. The van der Waals surface area contributed by atoms with Gasteiger partial charge in [-0.05, 0) is 64.2 Å². The Bertz CT molecular complexity index is 1030. The van der Waals surface area contributed by atoms with Gasteiger partial charge in [0.25, 0.3) is 0 Å². The molecule has 3 heteroatoms. The van der Waals surface area contributed by atoms with Gasteiger partial charge in [-0.15, -0.1) is 0 Å². The maximum atomic E-state index is 4.69. The van der Waals surface area contributed by atoms with Crippen molar-refractivity contribution < 1.29 is 0 Å². The van der Waals surface area contributed by atoms with Gasteiger partial charge in [-0.2, -0.15) is 0 Å². The summed E-state index contributed by atoms with van der Waals surface area (Å²) >= 11 is 3.50. The van der Waals surface area contributed by atoms with Gasteiger partial charge >= 0.3 is 0 Å². The zero-order valence-corrected chi connectivity index (χ0v) is 15.2. The molecule has 0 amide bonds. The fraction of sp³-hybridized carbons (Fsp3) is 0.0952. The smallest absolute Gasteiger partial charge is 0.137 e. The summed E-state index contributed by atoms with van der Waals surface area (Å²) in [5, 5.41) is 0. The largest absolute Gasteiger partial charge is 0.305 e. The summed E-state index contributed by atoms with van der Waals surface area (Å²) < 4.78 is 3.08. The first kappa shape index (κ1) is 15.2. The zero-order valence-electron chi connectivity index (χ0n) is 13.6. The van der Waals surface area contributed by atoms with E-state index in [9.17, 15) is 0 Å². The molecule has 0 N–H and O–H groups in total. The van der Waals surface area contributed by atoms with E-state index in [-0.39, 0.29) is 0 Å². The SMILES string of the molecule is Cc1ccc(-c2ccc(-c3cn4cc(Br)ccc4n3)cc2)cc1C. The average molecular weight is 377 g/mol. The second-order valence-electron chi connectivity index (χ2n) is 6.12. The van der Waals surface area contributed by atoms with Crippen molar-refractivity contribution in [3.63, 3.8) is 0 Å². The van der Waals surface area contributed by atoms with Crippen LogP contribution in [0, 0.1) is 13.8 Å². The van der Waals surface area contributed by atoms with E-state index in [1.54, 1.807) is 0 Å². The number of fused-ring (bicyclic) bond motifs is 1. The fourth-order valence-corrected chi connectivity index (χ4v) is 3.21. The number of benzene rings is 2. The number of aryl methyl sites for hydroxylation is 2. The molecule has 2 aromatic heterocycles. The van der Waals surface area contributed by atoms with Crippen molar-refractivity contribution in [3.05, 3.63) is 82.6 Å². The van der Waals surface area contributed by atoms with Gasteiger partial charge in [0.15, 0.2) is 0 Å². The number of aromatic nitrogens is 2. The van der Waals surface area contributed by atoms with E-state index in [0.29, 0.717) is 0 Å². The number of halogens is 1. The Morgan fingerprint density at radius 2 is 1.46 bits per heavy atom. The Morgan fingerprint density at radius 3 is 2.21 bits per heavy atom. The van der Waals surface area contributed by atoms with E-state index in [0.717, 1.165) is 21.4 Å². The first-order chi connectivity index (χ1) is 11.6. The van der Waals surface area contributed by atoms with Gasteiger partial charge in [0.05, 0.1) is 5.69 Å². The monoisotopic (exact) mass is 376 g/mol. The first-order valence-corrected chi connectivity index (χ1v) is 8.72. The van der Waals surface area contributed by atoms with Crippen LogP contribution >= 0.6 is 15.9 Å². The van der Waals surface area contributed by atoms with E-state index >= 15 is 0 Å². The van der Waals surface area contributed by atoms with Gasteiger partial charge in [0, 0.05) is 22.4 Å². The normalized spacial score (nSPS) is 11.1. The molecule has 4 rings (SSSR count). The number of nitrogens with zero attached hydrogens (tertiary/aromatic N) is 2. The fourth-order valence-electron chi connectivity index (χ4n) is 2.86. The van der Waals surface area contributed by atoms with Crippen LogP contribution < -0.4 is 0 Å². The molecular weight excluding hydrogens is 360 g/mol. The second kappa shape index (κ2) is 5.91. The van der Waals surface area contributed by atoms with Gasteiger partial charge in [0.2, 0.25) is 0 Å². The lowest BCUT2D eigenvalue weighted by Crippen LogP contribution is -1.84. The minimum atomic E-state index is 0.950. The lowest BCUT2D eigenvalue weighted by Gasteiger charge is -2.06. The van der Waals surface area contributed by atoms with E-state index in [2.05, 4.69) is 78.4 Å². The summed E-state index contributed by atoms with van der Waals surface area (Å²) in [6.07, 6.45) is 4.08. The molecule has 0 fully saturated rings. The van der Waals surface area contributed by atoms with Crippen LogP contribution in [-0.4, -0.2) is 9.38 Å². The molecule has 4 aromatic rings. The summed E-state index contributed by atoms with van der Waals surface area (Å²) in [6.45, 7) is 4.30. The van der Waals surface area contributed by atoms with Gasteiger partial charge < -0.3 is 4.40 Å². The van der Waals surface area contributed by atoms with Crippen LogP contribution in [0.5, 0.6) is 0 Å². The predicted octanol–water partition coefficient (Wildman–Crippen LogP) is 6.05. The molecule has 0 unspecified atom stereocenters. The van der Waals surface area contributed by atoms with Crippen LogP contribution in [0.2, 0.25) is 0 Å². The molecule has 0 saturated carbocycles. The Balaban J connectivity index is 1.70. The second-order valence-corrected chi connectivity index (χ2v) is 7.03. The molecule has 2 nitrogen and oxygen atoms in total. The minimum absolute atomic E-state index is 0.950.